The molecule has 21 heavy (non-hydrogen) atoms. The first-order valence-corrected chi connectivity index (χ1v) is 8.37. The zero-order chi connectivity index (χ0) is 15.4. The van der Waals surface area contributed by atoms with Gasteiger partial charge < -0.3 is 10.1 Å². The fourth-order valence-corrected chi connectivity index (χ4v) is 3.21. The predicted octanol–water partition coefficient (Wildman–Crippen LogP) is 4.02. The Morgan fingerprint density at radius 1 is 1.38 bits per heavy atom. The summed E-state index contributed by atoms with van der Waals surface area (Å²) in [5, 5.41) is 8.42. The number of aromatic nitrogens is 2. The van der Waals surface area contributed by atoms with E-state index in [1.165, 1.54) is 0 Å². The molecule has 0 fully saturated rings. The average Bonchev–Trinajstić information content (AvgIpc) is 2.83. The highest BCUT2D eigenvalue weighted by Gasteiger charge is 2.21. The van der Waals surface area contributed by atoms with Gasteiger partial charge in [-0.15, -0.1) is 0 Å². The second kappa shape index (κ2) is 7.74. The van der Waals surface area contributed by atoms with E-state index in [1.54, 1.807) is 13.3 Å². The number of nitrogens with zero attached hydrogens (tertiary/aromatic N) is 2. The van der Waals surface area contributed by atoms with Gasteiger partial charge in [0.2, 0.25) is 0 Å². The lowest BCUT2D eigenvalue weighted by Gasteiger charge is -2.20. The zero-order valence-electron chi connectivity index (χ0n) is 11.7. The highest BCUT2D eigenvalue weighted by atomic mass is 79.9. The molecule has 4 nitrogen and oxygen atoms in total. The molecule has 114 valence electrons. The Hall–Kier alpha value is -0.400. The van der Waals surface area contributed by atoms with Gasteiger partial charge >= 0.3 is 0 Å². The second-order valence-corrected chi connectivity index (χ2v) is 6.60. The SMILES string of the molecule is CNC(c1ccc(Cl)c(Br)c1)c1c(Br)cnn1CCOC. The lowest BCUT2D eigenvalue weighted by atomic mass is 10.0. The van der Waals surface area contributed by atoms with Gasteiger partial charge in [-0.1, -0.05) is 17.7 Å². The average molecular weight is 438 g/mol. The number of hydrogen-bond acceptors (Lipinski definition) is 3. The third kappa shape index (κ3) is 3.87. The Balaban J connectivity index is 2.40. The van der Waals surface area contributed by atoms with E-state index in [0.717, 1.165) is 20.2 Å². The van der Waals surface area contributed by atoms with E-state index in [4.69, 9.17) is 16.3 Å². The van der Waals surface area contributed by atoms with Crippen LogP contribution in [-0.4, -0.2) is 30.5 Å². The highest BCUT2D eigenvalue weighted by Crippen LogP contribution is 2.32. The molecule has 0 aliphatic heterocycles. The van der Waals surface area contributed by atoms with Crippen LogP contribution in [0.1, 0.15) is 17.3 Å². The fourth-order valence-electron chi connectivity index (χ4n) is 2.17. The van der Waals surface area contributed by atoms with Crippen molar-refractivity contribution in [3.63, 3.8) is 0 Å². The molecule has 0 saturated carbocycles. The molecule has 2 aromatic rings. The molecule has 0 bridgehead atoms. The minimum atomic E-state index is 0.00676. The van der Waals surface area contributed by atoms with Crippen LogP contribution in [0.15, 0.2) is 33.3 Å². The monoisotopic (exact) mass is 435 g/mol. The summed E-state index contributed by atoms with van der Waals surface area (Å²) < 4.78 is 8.92. The van der Waals surface area contributed by atoms with E-state index in [1.807, 2.05) is 29.9 Å². The van der Waals surface area contributed by atoms with E-state index in [-0.39, 0.29) is 6.04 Å². The van der Waals surface area contributed by atoms with E-state index >= 15 is 0 Å². The molecule has 0 aliphatic rings. The van der Waals surface area contributed by atoms with E-state index < -0.39 is 0 Å². The summed E-state index contributed by atoms with van der Waals surface area (Å²) >= 11 is 13.1. The van der Waals surface area contributed by atoms with Crippen LogP contribution < -0.4 is 5.32 Å². The number of benzene rings is 1. The molecule has 2 rings (SSSR count). The minimum Gasteiger partial charge on any atom is -0.383 e. The number of halogens is 3. The first kappa shape index (κ1) is 17.0. The molecule has 1 aromatic heterocycles. The standard InChI is InChI=1S/C14H16Br2ClN3O/c1-18-13(9-3-4-12(17)10(15)7-9)14-11(16)8-19-20(14)5-6-21-2/h3-4,7-8,13,18H,5-6H2,1-2H3. The van der Waals surface area contributed by atoms with E-state index in [9.17, 15) is 0 Å². The third-order valence-corrected chi connectivity index (χ3v) is 5.00. The van der Waals surface area contributed by atoms with Crippen LogP contribution in [0.5, 0.6) is 0 Å². The predicted molar refractivity (Wildman–Crippen MR) is 91.9 cm³/mol. The van der Waals surface area contributed by atoms with Crippen molar-refractivity contribution in [1.82, 2.24) is 15.1 Å². The largest absolute Gasteiger partial charge is 0.383 e. The summed E-state index contributed by atoms with van der Waals surface area (Å²) in [5.74, 6) is 0. The van der Waals surface area contributed by atoms with Gasteiger partial charge in [-0.25, -0.2) is 0 Å². The molecule has 1 N–H and O–H groups in total. The van der Waals surface area contributed by atoms with Gasteiger partial charge in [-0.3, -0.25) is 4.68 Å². The van der Waals surface area contributed by atoms with Crippen LogP contribution in [0.3, 0.4) is 0 Å². The number of methoxy groups -OCH3 is 1. The summed E-state index contributed by atoms with van der Waals surface area (Å²) in [6, 6.07) is 5.92. The van der Waals surface area contributed by atoms with Gasteiger partial charge in [0.25, 0.3) is 0 Å². The maximum atomic E-state index is 6.07. The quantitative estimate of drug-likeness (QED) is 0.742. The van der Waals surface area contributed by atoms with Crippen LogP contribution in [0, 0.1) is 0 Å². The zero-order valence-corrected chi connectivity index (χ0v) is 15.7. The molecule has 0 radical (unpaired) electrons. The lowest BCUT2D eigenvalue weighted by Crippen LogP contribution is -2.23. The number of ether oxygens (including phenoxy) is 1. The molecule has 1 heterocycles. The van der Waals surface area contributed by atoms with Gasteiger partial charge in [0.1, 0.15) is 0 Å². The summed E-state index contributed by atoms with van der Waals surface area (Å²) in [4.78, 5) is 0. The third-order valence-electron chi connectivity index (χ3n) is 3.18. The smallest absolute Gasteiger partial charge is 0.0757 e. The molecule has 0 amide bonds. The van der Waals surface area contributed by atoms with Gasteiger partial charge in [0.05, 0.1) is 40.6 Å². The van der Waals surface area contributed by atoms with Crippen molar-refractivity contribution in [2.75, 3.05) is 20.8 Å². The summed E-state index contributed by atoms with van der Waals surface area (Å²) in [7, 11) is 3.61. The molecule has 0 aliphatic carbocycles. The van der Waals surface area contributed by atoms with Crippen LogP contribution in [0.4, 0.5) is 0 Å². The Bertz CT molecular complexity index is 618. The maximum absolute atomic E-state index is 6.07. The number of hydrogen-bond donors (Lipinski definition) is 1. The molecule has 1 unspecified atom stereocenters. The Labute approximate surface area is 146 Å². The Morgan fingerprint density at radius 2 is 2.14 bits per heavy atom. The van der Waals surface area contributed by atoms with Crippen molar-refractivity contribution in [2.45, 2.75) is 12.6 Å². The van der Waals surface area contributed by atoms with Gasteiger partial charge in [0.15, 0.2) is 0 Å². The van der Waals surface area contributed by atoms with E-state index in [0.29, 0.717) is 18.2 Å². The Morgan fingerprint density at radius 3 is 2.76 bits per heavy atom. The van der Waals surface area contributed by atoms with Crippen LogP contribution in [0.25, 0.3) is 0 Å². The van der Waals surface area contributed by atoms with Crippen molar-refractivity contribution < 1.29 is 4.74 Å². The van der Waals surface area contributed by atoms with Crippen molar-refractivity contribution in [3.05, 3.63) is 49.6 Å². The molecule has 0 spiro atoms. The van der Waals surface area contributed by atoms with E-state index in [2.05, 4.69) is 42.3 Å². The summed E-state index contributed by atoms with van der Waals surface area (Å²) in [6.07, 6.45) is 1.81. The van der Waals surface area contributed by atoms with Crippen LogP contribution in [-0.2, 0) is 11.3 Å². The Kier molecular flexibility index (Phi) is 6.25. The van der Waals surface area contributed by atoms with Gasteiger partial charge in [-0.05, 0) is 56.6 Å². The summed E-state index contributed by atoms with van der Waals surface area (Å²) in [6.45, 7) is 1.31. The minimum absolute atomic E-state index is 0.00676. The number of nitrogens with one attached hydrogen (secondary N) is 1. The topological polar surface area (TPSA) is 39.1 Å². The first-order valence-electron chi connectivity index (χ1n) is 6.40. The first-order chi connectivity index (χ1) is 10.1. The normalized spacial score (nSPS) is 12.6. The number of rotatable bonds is 6. The van der Waals surface area contributed by atoms with Gasteiger partial charge in [-0.2, -0.15) is 5.10 Å². The molecule has 7 heteroatoms. The second-order valence-electron chi connectivity index (χ2n) is 4.49. The van der Waals surface area contributed by atoms with Gasteiger partial charge in [0, 0.05) is 11.6 Å². The fraction of sp³-hybridized carbons (Fsp3) is 0.357. The molecular formula is C14H16Br2ClN3O. The van der Waals surface area contributed by atoms with Crippen molar-refractivity contribution in [2.24, 2.45) is 0 Å². The molecule has 1 atom stereocenters. The molecule has 0 saturated heterocycles. The van der Waals surface area contributed by atoms with Crippen LogP contribution in [0.2, 0.25) is 5.02 Å². The van der Waals surface area contributed by atoms with Crippen molar-refractivity contribution in [1.29, 1.82) is 0 Å². The lowest BCUT2D eigenvalue weighted by molar-refractivity contribution is 0.182. The summed E-state index contributed by atoms with van der Waals surface area (Å²) in [5.41, 5.74) is 2.16. The highest BCUT2D eigenvalue weighted by molar-refractivity contribution is 9.10. The van der Waals surface area contributed by atoms with Crippen LogP contribution >= 0.6 is 43.5 Å². The van der Waals surface area contributed by atoms with Crippen molar-refractivity contribution in [3.8, 4) is 0 Å². The maximum Gasteiger partial charge on any atom is 0.0757 e. The molecule has 1 aromatic carbocycles. The molecular weight excluding hydrogens is 421 g/mol. The van der Waals surface area contributed by atoms with Crippen molar-refractivity contribution >= 4 is 43.5 Å².